The number of carbonyl (C=O) groups excluding carboxylic acids is 6. The van der Waals surface area contributed by atoms with Gasteiger partial charge in [-0.15, -0.1) is 11.3 Å². The molecule has 5 aromatic rings. The van der Waals surface area contributed by atoms with Crippen LogP contribution < -0.4 is 31.3 Å². The molecule has 2 saturated heterocycles. The number of aryl methyl sites for hydroxylation is 1. The van der Waals surface area contributed by atoms with Crippen molar-refractivity contribution in [3.63, 3.8) is 0 Å². The highest BCUT2D eigenvalue weighted by Gasteiger charge is 2.53. The van der Waals surface area contributed by atoms with Crippen LogP contribution in [0.15, 0.2) is 66.2 Å². The first kappa shape index (κ1) is 50.6. The van der Waals surface area contributed by atoms with Crippen LogP contribution in [0, 0.1) is 12.3 Å². The number of halogens is 1. The van der Waals surface area contributed by atoms with Crippen molar-refractivity contribution in [2.75, 3.05) is 38.1 Å². The molecule has 20 heteroatoms. The number of β-amino-alcohol motifs (C(OH)–C–C–N with tert-alkyl or cyclic N) is 1. The van der Waals surface area contributed by atoms with E-state index in [9.17, 15) is 38.3 Å². The van der Waals surface area contributed by atoms with Crippen LogP contribution in [0.3, 0.4) is 0 Å². The maximum absolute atomic E-state index is 14.6. The van der Waals surface area contributed by atoms with Crippen LogP contribution in [0.1, 0.15) is 97.6 Å². The number of ether oxygens (including phenoxy) is 1. The highest BCUT2D eigenvalue weighted by atomic mass is 32.1. The lowest BCUT2D eigenvalue weighted by Crippen LogP contribution is -2.59. The lowest BCUT2D eigenvalue weighted by Gasteiger charge is -2.35. The molecule has 0 radical (unpaired) electrons. The van der Waals surface area contributed by atoms with E-state index in [4.69, 9.17) is 9.72 Å². The number of aliphatic hydroxyl groups is 1. The van der Waals surface area contributed by atoms with Gasteiger partial charge >= 0.3 is 0 Å². The summed E-state index contributed by atoms with van der Waals surface area (Å²) in [5.74, 6) is -2.02. The first-order valence-corrected chi connectivity index (χ1v) is 24.8. The van der Waals surface area contributed by atoms with Gasteiger partial charge in [0.15, 0.2) is 12.3 Å². The molecule has 1 aliphatic carbocycles. The molecule has 2 aliphatic heterocycles. The van der Waals surface area contributed by atoms with Crippen molar-refractivity contribution in [2.24, 2.45) is 5.41 Å². The van der Waals surface area contributed by atoms with E-state index in [2.05, 4.69) is 48.4 Å². The van der Waals surface area contributed by atoms with Crippen LogP contribution in [-0.4, -0.2) is 128 Å². The van der Waals surface area contributed by atoms with Gasteiger partial charge in [0.05, 0.1) is 39.8 Å². The Balaban J connectivity index is 0.817. The molecule has 0 spiro atoms. The number of aromatic amines is 1. The number of amides is 6. The van der Waals surface area contributed by atoms with Crippen LogP contribution in [0.25, 0.3) is 21.5 Å². The number of anilines is 1. The van der Waals surface area contributed by atoms with Crippen molar-refractivity contribution in [3.8, 4) is 16.2 Å². The summed E-state index contributed by atoms with van der Waals surface area (Å²) in [6.45, 7) is 10.7. The van der Waals surface area contributed by atoms with Crippen LogP contribution in [0.2, 0.25) is 0 Å². The molecule has 71 heavy (non-hydrogen) atoms. The molecule has 8 rings (SSSR count). The Labute approximate surface area is 414 Å². The Morgan fingerprint density at radius 3 is 2.38 bits per heavy atom. The van der Waals surface area contributed by atoms with Crippen LogP contribution >= 0.6 is 11.3 Å². The summed E-state index contributed by atoms with van der Waals surface area (Å²) in [7, 11) is 0. The summed E-state index contributed by atoms with van der Waals surface area (Å²) < 4.78 is 20.7. The quantitative estimate of drug-likeness (QED) is 0.0591. The zero-order chi connectivity index (χ0) is 50.6. The lowest BCUT2D eigenvalue weighted by atomic mass is 9.85. The second-order valence-corrected chi connectivity index (χ2v) is 20.6. The largest absolute Gasteiger partial charge is 0.483 e. The normalized spacial score (nSPS) is 19.0. The van der Waals surface area contributed by atoms with Crippen LogP contribution in [0.5, 0.6) is 5.75 Å². The number of imidazole rings is 1. The molecular weight excluding hydrogens is 932 g/mol. The molecule has 18 nitrogen and oxygen atoms in total. The van der Waals surface area contributed by atoms with E-state index < -0.39 is 65.4 Å². The van der Waals surface area contributed by atoms with Gasteiger partial charge < -0.3 is 46.3 Å². The van der Waals surface area contributed by atoms with E-state index >= 15 is 0 Å². The second kappa shape index (κ2) is 21.3. The number of hydrogen-bond acceptors (Lipinski definition) is 12. The SMILES string of the molecule is Cc1ncsc1-c1ccc(CNC(=O)[C@@H]2C[C@@H](O)CN2C(=O)C(NC(=O)C2(F)CC2)C(C)(C)C)c(OCC(=O)NCCNC(=O)c2ccc(C(=O)Nc3ccc4[nH]c(CN5CCC[C@@H]5C)nc4c3)cc2)c1. The third-order valence-corrected chi connectivity index (χ3v) is 14.2. The summed E-state index contributed by atoms with van der Waals surface area (Å²) in [4.78, 5) is 96.5. The van der Waals surface area contributed by atoms with Gasteiger partial charge in [0.2, 0.25) is 11.8 Å². The standard InChI is InChI=1S/C51H61FN10O8S/c1-29-7-6-20-61(29)26-41-58-37-15-14-35(22-38(37)59-41)57-46(66)32-10-8-31(9-11-32)45(65)54-19-18-53-42(64)27-70-40-21-33(43-30(2)56-28-71-43)12-13-34(40)24-55-47(67)39-23-36(63)25-62(39)48(68)44(50(3,4)5)60-49(69)51(52)16-17-51/h8-15,21-22,28-29,36,39,44,63H,6-7,16-20,23-27H2,1-5H3,(H,53,64)(H,54,65)(H,55,67)(H,57,66)(H,58,59)(H,60,69)/t29-,36+,39-,44?/m0/s1. The average molecular weight is 993 g/mol. The maximum atomic E-state index is 14.6. The molecule has 1 saturated carbocycles. The first-order chi connectivity index (χ1) is 33.8. The highest BCUT2D eigenvalue weighted by molar-refractivity contribution is 7.13. The fourth-order valence-electron chi connectivity index (χ4n) is 8.85. The predicted octanol–water partition coefficient (Wildman–Crippen LogP) is 4.77. The molecule has 376 valence electrons. The summed E-state index contributed by atoms with van der Waals surface area (Å²) in [5, 5.41) is 24.4. The fourth-order valence-corrected chi connectivity index (χ4v) is 9.66. The minimum atomic E-state index is -2.01. The minimum absolute atomic E-state index is 0.0425. The van der Waals surface area contributed by atoms with Gasteiger partial charge in [-0.05, 0) is 106 Å². The zero-order valence-corrected chi connectivity index (χ0v) is 41.3. The van der Waals surface area contributed by atoms with Gasteiger partial charge in [-0.1, -0.05) is 32.9 Å². The third kappa shape index (κ3) is 12.2. The predicted molar refractivity (Wildman–Crippen MR) is 265 cm³/mol. The van der Waals surface area contributed by atoms with E-state index in [0.29, 0.717) is 34.2 Å². The van der Waals surface area contributed by atoms with E-state index in [1.165, 1.54) is 29.1 Å². The molecule has 1 unspecified atom stereocenters. The van der Waals surface area contributed by atoms with Gasteiger partial charge in [0.25, 0.3) is 23.6 Å². The number of likely N-dealkylation sites (tertiary alicyclic amines) is 2. The van der Waals surface area contributed by atoms with Crippen molar-refractivity contribution in [1.82, 2.24) is 46.0 Å². The van der Waals surface area contributed by atoms with Crippen molar-refractivity contribution in [3.05, 3.63) is 94.4 Å². The molecular formula is C51H61FN10O8S. The Bertz CT molecular complexity index is 2800. The van der Waals surface area contributed by atoms with E-state index in [-0.39, 0.29) is 51.3 Å². The van der Waals surface area contributed by atoms with Crippen molar-refractivity contribution in [2.45, 2.75) is 110 Å². The third-order valence-electron chi connectivity index (χ3n) is 13.2. The van der Waals surface area contributed by atoms with Gasteiger partial charge in [-0.3, -0.25) is 33.7 Å². The number of nitrogens with zero attached hydrogens (tertiary/aromatic N) is 4. The number of carbonyl (C=O) groups is 6. The van der Waals surface area contributed by atoms with Gasteiger partial charge in [-0.2, -0.15) is 0 Å². The smallest absolute Gasteiger partial charge is 0.258 e. The topological polar surface area (TPSA) is 240 Å². The fraction of sp³-hybridized carbons (Fsp3) is 0.451. The highest BCUT2D eigenvalue weighted by Crippen LogP contribution is 2.40. The lowest BCUT2D eigenvalue weighted by molar-refractivity contribution is -0.145. The summed E-state index contributed by atoms with van der Waals surface area (Å²) in [5.41, 5.74) is 3.93. The molecule has 4 atom stereocenters. The molecule has 6 amide bonds. The summed E-state index contributed by atoms with van der Waals surface area (Å²) in [6, 6.07) is 15.4. The van der Waals surface area contributed by atoms with Crippen LogP contribution in [-0.2, 0) is 32.3 Å². The van der Waals surface area contributed by atoms with Gasteiger partial charge in [-0.25, -0.2) is 14.4 Å². The van der Waals surface area contributed by atoms with Crippen molar-refractivity contribution < 1.29 is 43.0 Å². The number of alkyl halides is 1. The molecule has 3 aliphatic rings. The van der Waals surface area contributed by atoms with E-state index in [1.54, 1.807) is 62.7 Å². The average Bonchev–Trinajstić information content (AvgIpc) is 3.73. The number of hydrogen-bond donors (Lipinski definition) is 7. The number of benzene rings is 3. The number of thiazole rings is 1. The monoisotopic (exact) mass is 992 g/mol. The zero-order valence-electron chi connectivity index (χ0n) is 40.5. The molecule has 3 aromatic carbocycles. The molecule has 7 N–H and O–H groups in total. The van der Waals surface area contributed by atoms with Gasteiger partial charge in [0.1, 0.15) is 23.7 Å². The Hall–Kier alpha value is -6.77. The second-order valence-electron chi connectivity index (χ2n) is 19.7. The number of nitrogens with one attached hydrogen (secondary N) is 6. The number of H-pyrrole nitrogens is 1. The Morgan fingerprint density at radius 2 is 1.70 bits per heavy atom. The first-order valence-electron chi connectivity index (χ1n) is 24.0. The molecule has 2 aromatic heterocycles. The summed E-state index contributed by atoms with van der Waals surface area (Å²) >= 11 is 1.43. The summed E-state index contributed by atoms with van der Waals surface area (Å²) in [6.07, 6.45) is 1.48. The van der Waals surface area contributed by atoms with E-state index in [1.807, 2.05) is 31.2 Å². The Morgan fingerprint density at radius 1 is 0.972 bits per heavy atom. The number of aromatic nitrogens is 3. The maximum Gasteiger partial charge on any atom is 0.258 e. The molecule has 4 heterocycles. The Kier molecular flexibility index (Phi) is 15.2. The molecule has 3 fully saturated rings. The number of fused-ring (bicyclic) bond motifs is 1. The van der Waals surface area contributed by atoms with Gasteiger partial charge in [0, 0.05) is 61.0 Å². The van der Waals surface area contributed by atoms with Crippen molar-refractivity contribution >= 4 is 63.5 Å². The van der Waals surface area contributed by atoms with E-state index in [0.717, 1.165) is 46.1 Å². The van der Waals surface area contributed by atoms with Crippen molar-refractivity contribution in [1.29, 1.82) is 0 Å². The minimum Gasteiger partial charge on any atom is -0.483 e. The number of aliphatic hydroxyl groups excluding tert-OH is 1. The molecule has 0 bridgehead atoms. The number of rotatable bonds is 18. The van der Waals surface area contributed by atoms with Crippen LogP contribution in [0.4, 0.5) is 10.1 Å².